The number of aliphatic hydroxyl groups is 1. The number of hydrogen-bond acceptors (Lipinski definition) is 10. The largest absolute Gasteiger partial charge is 0.491 e. The van der Waals surface area contributed by atoms with E-state index < -0.39 is 20.5 Å². The van der Waals surface area contributed by atoms with E-state index in [2.05, 4.69) is 55.4 Å². The summed E-state index contributed by atoms with van der Waals surface area (Å²) in [4.78, 5) is 9.60. The summed E-state index contributed by atoms with van der Waals surface area (Å²) in [7, 11) is -4.25. The molecule has 0 amide bonds. The maximum atomic E-state index is 11.8. The van der Waals surface area contributed by atoms with E-state index in [-0.39, 0.29) is 32.0 Å². The summed E-state index contributed by atoms with van der Waals surface area (Å²) in [5, 5.41) is 9.91. The number of rotatable bonds is 32. The molecule has 0 spiro atoms. The molecule has 0 radical (unpaired) electrons. The Bertz CT molecular complexity index is 1210. The van der Waals surface area contributed by atoms with Gasteiger partial charge < -0.3 is 38.4 Å². The van der Waals surface area contributed by atoms with Crippen molar-refractivity contribution in [2.45, 2.75) is 145 Å². The van der Waals surface area contributed by atoms with Gasteiger partial charge in [0.1, 0.15) is 29.8 Å². The fraction of sp³-hybridized carbons (Fsp3) is 0.857. The molecule has 11 nitrogen and oxygen atoms in total. The van der Waals surface area contributed by atoms with Gasteiger partial charge in [-0.05, 0) is 94.7 Å². The zero-order valence-corrected chi connectivity index (χ0v) is 36.3. The smallest absolute Gasteiger partial charge is 0.472 e. The third-order valence-corrected chi connectivity index (χ3v) is 11.5. The first-order chi connectivity index (χ1) is 25.7. The van der Waals surface area contributed by atoms with Crippen LogP contribution in [0.25, 0.3) is 0 Å². The lowest BCUT2D eigenvalue weighted by Gasteiger charge is -2.38. The molecule has 0 aromatic heterocycles. The lowest BCUT2D eigenvalue weighted by atomic mass is 9.83. The molecular formula is C42H77O11P. The van der Waals surface area contributed by atoms with Crippen molar-refractivity contribution in [2.75, 3.05) is 72.7 Å². The molecule has 2 N–H and O–H groups in total. The molecule has 2 unspecified atom stereocenters. The SMILES string of the molecule is CCOCCOP(=O)(O)OCC(O)COCCOCCOCCOc1c(C)c(C)c2c(c1C)CC[C@@](C)(CCC[C@H](C)CCC[C@H](C)CCCC(C)C)O2. The lowest BCUT2D eigenvalue weighted by molar-refractivity contribution is -0.0254. The van der Waals surface area contributed by atoms with Crippen molar-refractivity contribution < 1.29 is 52.0 Å². The number of hydrogen-bond donors (Lipinski definition) is 2. The van der Waals surface area contributed by atoms with E-state index in [1.165, 1.54) is 68.1 Å². The van der Waals surface area contributed by atoms with E-state index in [0.717, 1.165) is 54.1 Å². The van der Waals surface area contributed by atoms with Crippen LogP contribution in [0.15, 0.2) is 0 Å². The van der Waals surface area contributed by atoms with E-state index in [4.69, 9.17) is 37.5 Å². The van der Waals surface area contributed by atoms with Crippen molar-refractivity contribution in [3.05, 3.63) is 22.3 Å². The van der Waals surface area contributed by atoms with Gasteiger partial charge in [-0.1, -0.05) is 72.6 Å². The lowest BCUT2D eigenvalue weighted by Crippen LogP contribution is -2.37. The van der Waals surface area contributed by atoms with Crippen molar-refractivity contribution in [1.29, 1.82) is 0 Å². The maximum absolute atomic E-state index is 11.8. The Balaban J connectivity index is 1.61. The Hall–Kier alpha value is -1.27. The van der Waals surface area contributed by atoms with Crippen LogP contribution in [0.4, 0.5) is 0 Å². The van der Waals surface area contributed by atoms with Crippen molar-refractivity contribution in [3.63, 3.8) is 0 Å². The van der Waals surface area contributed by atoms with Crippen LogP contribution in [0.1, 0.15) is 128 Å². The quantitative estimate of drug-likeness (QED) is 0.0536. The van der Waals surface area contributed by atoms with Crippen LogP contribution in [0.2, 0.25) is 0 Å². The fourth-order valence-corrected chi connectivity index (χ4v) is 7.70. The van der Waals surface area contributed by atoms with Gasteiger partial charge in [-0.15, -0.1) is 0 Å². The van der Waals surface area contributed by atoms with Gasteiger partial charge in [-0.2, -0.15) is 0 Å². The minimum Gasteiger partial charge on any atom is -0.491 e. The fourth-order valence-electron chi connectivity index (χ4n) is 6.96. The Kier molecular flexibility index (Phi) is 24.1. The molecule has 0 aliphatic carbocycles. The summed E-state index contributed by atoms with van der Waals surface area (Å²) >= 11 is 0. The first-order valence-electron chi connectivity index (χ1n) is 20.7. The third-order valence-electron chi connectivity index (χ3n) is 10.5. The van der Waals surface area contributed by atoms with Crippen LogP contribution in [0, 0.1) is 38.5 Å². The summed E-state index contributed by atoms with van der Waals surface area (Å²) in [6, 6.07) is 0. The Labute approximate surface area is 328 Å². The summed E-state index contributed by atoms with van der Waals surface area (Å²) in [6.07, 6.45) is 12.7. The molecule has 1 aliphatic heterocycles. The third kappa shape index (κ3) is 19.7. The summed E-state index contributed by atoms with van der Waals surface area (Å²) in [5.74, 6) is 4.43. The van der Waals surface area contributed by atoms with Gasteiger partial charge in [-0.25, -0.2) is 4.57 Å². The maximum Gasteiger partial charge on any atom is 0.472 e. The molecule has 0 saturated carbocycles. The second-order valence-corrected chi connectivity index (χ2v) is 17.5. The van der Waals surface area contributed by atoms with E-state index >= 15 is 0 Å². The molecule has 0 saturated heterocycles. The van der Waals surface area contributed by atoms with Gasteiger partial charge in [0.05, 0.1) is 59.5 Å². The first kappa shape index (κ1) is 48.9. The Morgan fingerprint density at radius 2 is 1.30 bits per heavy atom. The van der Waals surface area contributed by atoms with E-state index in [9.17, 15) is 14.6 Å². The average Bonchev–Trinajstić information content (AvgIpc) is 3.11. The van der Waals surface area contributed by atoms with E-state index in [0.29, 0.717) is 39.6 Å². The van der Waals surface area contributed by atoms with Gasteiger partial charge >= 0.3 is 7.82 Å². The number of phosphoric ester groups is 1. The molecule has 54 heavy (non-hydrogen) atoms. The van der Waals surface area contributed by atoms with E-state index in [1.807, 2.05) is 6.92 Å². The predicted octanol–water partition coefficient (Wildman–Crippen LogP) is 9.09. The highest BCUT2D eigenvalue weighted by molar-refractivity contribution is 7.47. The van der Waals surface area contributed by atoms with Crippen LogP contribution in [0.5, 0.6) is 11.5 Å². The van der Waals surface area contributed by atoms with Crippen molar-refractivity contribution >= 4 is 7.82 Å². The van der Waals surface area contributed by atoms with E-state index in [1.54, 1.807) is 0 Å². The zero-order valence-electron chi connectivity index (χ0n) is 35.4. The Morgan fingerprint density at radius 1 is 0.722 bits per heavy atom. The zero-order chi connectivity index (χ0) is 40.0. The van der Waals surface area contributed by atoms with Gasteiger partial charge in [0, 0.05) is 12.2 Å². The summed E-state index contributed by atoms with van der Waals surface area (Å²) in [6.45, 7) is 22.4. The minimum absolute atomic E-state index is 0.0689. The molecule has 0 fully saturated rings. The van der Waals surface area contributed by atoms with Crippen molar-refractivity contribution in [1.82, 2.24) is 0 Å². The average molecular weight is 789 g/mol. The summed E-state index contributed by atoms with van der Waals surface area (Å²) in [5.41, 5.74) is 4.60. The van der Waals surface area contributed by atoms with Gasteiger partial charge in [0.2, 0.25) is 0 Å². The number of aliphatic hydroxyl groups excluding tert-OH is 1. The predicted molar refractivity (Wildman–Crippen MR) is 215 cm³/mol. The molecule has 2 rings (SSSR count). The molecule has 316 valence electrons. The molecule has 12 heteroatoms. The Morgan fingerprint density at radius 3 is 1.93 bits per heavy atom. The number of benzene rings is 1. The highest BCUT2D eigenvalue weighted by Crippen LogP contribution is 2.45. The number of phosphoric acid groups is 1. The summed E-state index contributed by atoms with van der Waals surface area (Å²) < 4.78 is 56.0. The van der Waals surface area contributed by atoms with Gasteiger partial charge in [0.25, 0.3) is 0 Å². The molecule has 5 atom stereocenters. The molecule has 1 aliphatic rings. The second kappa shape index (κ2) is 26.6. The van der Waals surface area contributed by atoms with Gasteiger partial charge in [0.15, 0.2) is 0 Å². The minimum atomic E-state index is -4.25. The normalized spacial score (nSPS) is 18.6. The van der Waals surface area contributed by atoms with Crippen LogP contribution >= 0.6 is 7.82 Å². The van der Waals surface area contributed by atoms with Crippen LogP contribution in [0.3, 0.4) is 0 Å². The second-order valence-electron chi connectivity index (χ2n) is 16.0. The molecule has 1 heterocycles. The van der Waals surface area contributed by atoms with Crippen molar-refractivity contribution in [3.8, 4) is 11.5 Å². The van der Waals surface area contributed by atoms with Crippen LogP contribution in [-0.2, 0) is 39.0 Å². The highest BCUT2D eigenvalue weighted by atomic mass is 31.2. The van der Waals surface area contributed by atoms with Gasteiger partial charge in [-0.3, -0.25) is 9.05 Å². The first-order valence-corrected chi connectivity index (χ1v) is 22.2. The molecule has 1 aromatic carbocycles. The topological polar surface area (TPSA) is 131 Å². The van der Waals surface area contributed by atoms with Crippen molar-refractivity contribution in [2.24, 2.45) is 17.8 Å². The van der Waals surface area contributed by atoms with Crippen LogP contribution < -0.4 is 9.47 Å². The highest BCUT2D eigenvalue weighted by Gasteiger charge is 2.34. The standard InChI is InChI=1S/C42H77O11P/c1-10-46-27-29-51-54(44,45)52-31-38(43)30-49-25-24-47-22-23-48-26-28-50-40-35(6)36(7)41-39(37(40)8)19-21-42(9,53-41)20-13-18-34(5)17-12-16-33(4)15-11-14-32(2)3/h32-34,38,43H,10-31H2,1-9H3,(H,44,45)/t33-,34-,38?,42-/m1/s1. The van der Waals surface area contributed by atoms with Crippen LogP contribution in [-0.4, -0.2) is 94.4 Å². The molecule has 0 bridgehead atoms. The number of ether oxygens (including phenoxy) is 6. The monoisotopic (exact) mass is 789 g/mol. The number of fused-ring (bicyclic) bond motifs is 1. The molecular weight excluding hydrogens is 711 g/mol. The molecule has 1 aromatic rings.